The molecular formula is C32H36N4O3. The van der Waals surface area contributed by atoms with E-state index in [1.54, 1.807) is 30.3 Å². The van der Waals surface area contributed by atoms with Crippen molar-refractivity contribution in [1.29, 1.82) is 10.5 Å². The van der Waals surface area contributed by atoms with Crippen LogP contribution >= 0.6 is 0 Å². The first-order chi connectivity index (χ1) is 19.1. The predicted molar refractivity (Wildman–Crippen MR) is 150 cm³/mol. The maximum absolute atomic E-state index is 12.8. The molecule has 0 saturated heterocycles. The second-order valence-corrected chi connectivity index (χ2v) is 9.49. The third kappa shape index (κ3) is 8.65. The van der Waals surface area contributed by atoms with E-state index in [9.17, 15) is 15.3 Å². The minimum atomic E-state index is -0.631. The molecule has 0 spiro atoms. The summed E-state index contributed by atoms with van der Waals surface area (Å²) in [5.74, 6) is 0.288. The Labute approximate surface area is 231 Å². The lowest BCUT2D eigenvalue weighted by Gasteiger charge is -2.12. The van der Waals surface area contributed by atoms with Gasteiger partial charge in [-0.3, -0.25) is 0 Å². The van der Waals surface area contributed by atoms with Crippen molar-refractivity contribution in [2.45, 2.75) is 78.1 Å². The number of unbranched alkanes of at least 4 members (excludes halogenated alkanes) is 7. The van der Waals surface area contributed by atoms with Gasteiger partial charge in [0.2, 0.25) is 0 Å². The molecule has 1 heterocycles. The van der Waals surface area contributed by atoms with Gasteiger partial charge in [0, 0.05) is 18.0 Å². The average Bonchev–Trinajstić information content (AvgIpc) is 2.97. The maximum Gasteiger partial charge on any atom is 0.343 e. The number of carbonyl (C=O) groups is 1. The first-order valence-corrected chi connectivity index (χ1v) is 13.8. The Morgan fingerprint density at radius 1 is 0.769 bits per heavy atom. The molecule has 39 heavy (non-hydrogen) atoms. The summed E-state index contributed by atoms with van der Waals surface area (Å²) in [5.41, 5.74) is 2.25. The Morgan fingerprint density at radius 2 is 1.36 bits per heavy atom. The van der Waals surface area contributed by atoms with Crippen molar-refractivity contribution in [1.82, 2.24) is 9.97 Å². The highest BCUT2D eigenvalue weighted by atomic mass is 16.5. The molecule has 0 atom stereocenters. The zero-order valence-electron chi connectivity index (χ0n) is 22.9. The normalized spacial score (nSPS) is 10.5. The SMILES string of the molecule is CCCCCCCCc1cnc(-c2ccc(C(=O)Oc3ccc(OCCCCC)c(C#N)c3C#N)cc2)nc1. The number of nitriles is 2. The molecule has 0 unspecified atom stereocenters. The fraction of sp³-hybridized carbons (Fsp3) is 0.406. The topological polar surface area (TPSA) is 109 Å². The van der Waals surface area contributed by atoms with Gasteiger partial charge < -0.3 is 9.47 Å². The van der Waals surface area contributed by atoms with Gasteiger partial charge in [0.05, 0.1) is 12.2 Å². The van der Waals surface area contributed by atoms with Crippen molar-refractivity contribution in [3.63, 3.8) is 0 Å². The molecule has 0 amide bonds. The van der Waals surface area contributed by atoms with Gasteiger partial charge in [-0.05, 0) is 49.1 Å². The number of nitrogens with zero attached hydrogens (tertiary/aromatic N) is 4. The van der Waals surface area contributed by atoms with Crippen LogP contribution < -0.4 is 9.47 Å². The Kier molecular flexibility index (Phi) is 12.0. The minimum absolute atomic E-state index is 0.0216. The van der Waals surface area contributed by atoms with E-state index < -0.39 is 5.97 Å². The average molecular weight is 525 g/mol. The number of ether oxygens (including phenoxy) is 2. The number of carbonyl (C=O) groups excluding carboxylic acids is 1. The summed E-state index contributed by atoms with van der Waals surface area (Å²) in [4.78, 5) is 21.8. The third-order valence-electron chi connectivity index (χ3n) is 6.46. The first-order valence-electron chi connectivity index (χ1n) is 13.8. The molecule has 0 aliphatic heterocycles. The molecule has 0 N–H and O–H groups in total. The van der Waals surface area contributed by atoms with Gasteiger partial charge in [0.25, 0.3) is 0 Å². The largest absolute Gasteiger partial charge is 0.492 e. The number of esters is 1. The van der Waals surface area contributed by atoms with Gasteiger partial charge in [0.15, 0.2) is 11.6 Å². The number of rotatable bonds is 15. The first kappa shape index (κ1) is 29.3. The van der Waals surface area contributed by atoms with Crippen LogP contribution in [0.25, 0.3) is 11.4 Å². The number of aryl methyl sites for hydroxylation is 1. The highest BCUT2D eigenvalue weighted by Gasteiger charge is 2.19. The van der Waals surface area contributed by atoms with Crippen molar-refractivity contribution < 1.29 is 14.3 Å². The highest BCUT2D eigenvalue weighted by molar-refractivity contribution is 5.92. The summed E-state index contributed by atoms with van der Waals surface area (Å²) in [6.45, 7) is 4.76. The number of aromatic nitrogens is 2. The zero-order valence-corrected chi connectivity index (χ0v) is 22.9. The number of benzene rings is 2. The molecule has 0 fully saturated rings. The zero-order chi connectivity index (χ0) is 27.9. The smallest absolute Gasteiger partial charge is 0.343 e. The van der Waals surface area contributed by atoms with E-state index in [4.69, 9.17) is 9.47 Å². The highest BCUT2D eigenvalue weighted by Crippen LogP contribution is 2.30. The van der Waals surface area contributed by atoms with Crippen LogP contribution in [-0.2, 0) is 6.42 Å². The van der Waals surface area contributed by atoms with E-state index in [0.717, 1.165) is 43.2 Å². The summed E-state index contributed by atoms with van der Waals surface area (Å²) in [6.07, 6.45) is 15.1. The van der Waals surface area contributed by atoms with Gasteiger partial charge in [-0.2, -0.15) is 10.5 Å². The summed E-state index contributed by atoms with van der Waals surface area (Å²) in [5, 5.41) is 19.3. The second-order valence-electron chi connectivity index (χ2n) is 9.49. The summed E-state index contributed by atoms with van der Waals surface area (Å²) in [6, 6.07) is 13.8. The van der Waals surface area contributed by atoms with Crippen LogP contribution in [0, 0.1) is 22.7 Å². The second kappa shape index (κ2) is 15.9. The van der Waals surface area contributed by atoms with Crippen molar-refractivity contribution >= 4 is 5.97 Å². The maximum atomic E-state index is 12.8. The Bertz CT molecular complexity index is 1290. The predicted octanol–water partition coefficient (Wildman–Crippen LogP) is 7.58. The molecule has 3 aromatic rings. The third-order valence-corrected chi connectivity index (χ3v) is 6.46. The summed E-state index contributed by atoms with van der Waals surface area (Å²) < 4.78 is 11.2. The molecule has 0 aliphatic carbocycles. The van der Waals surface area contributed by atoms with Crippen LogP contribution in [0.4, 0.5) is 0 Å². The van der Waals surface area contributed by atoms with Gasteiger partial charge in [-0.1, -0.05) is 70.9 Å². The Morgan fingerprint density at radius 3 is 2.03 bits per heavy atom. The van der Waals surface area contributed by atoms with Crippen molar-refractivity contribution in [3.8, 4) is 35.0 Å². The van der Waals surface area contributed by atoms with Crippen molar-refractivity contribution in [2.24, 2.45) is 0 Å². The van der Waals surface area contributed by atoms with E-state index in [0.29, 0.717) is 23.7 Å². The van der Waals surface area contributed by atoms with Crippen LogP contribution in [-0.4, -0.2) is 22.5 Å². The van der Waals surface area contributed by atoms with Crippen LogP contribution in [0.5, 0.6) is 11.5 Å². The quantitative estimate of drug-likeness (QED) is 0.114. The van der Waals surface area contributed by atoms with Gasteiger partial charge in [0.1, 0.15) is 29.0 Å². The summed E-state index contributed by atoms with van der Waals surface area (Å²) in [7, 11) is 0. The molecule has 3 rings (SSSR count). The fourth-order valence-electron chi connectivity index (χ4n) is 4.18. The molecule has 7 heteroatoms. The number of hydrogen-bond acceptors (Lipinski definition) is 7. The molecule has 0 radical (unpaired) electrons. The summed E-state index contributed by atoms with van der Waals surface area (Å²) >= 11 is 0. The van der Waals surface area contributed by atoms with Crippen LogP contribution in [0.15, 0.2) is 48.8 Å². The van der Waals surface area contributed by atoms with E-state index in [1.807, 2.05) is 24.5 Å². The lowest BCUT2D eigenvalue weighted by molar-refractivity contribution is 0.0734. The molecule has 0 saturated carbocycles. The number of hydrogen-bond donors (Lipinski definition) is 0. The minimum Gasteiger partial charge on any atom is -0.492 e. The lowest BCUT2D eigenvalue weighted by Crippen LogP contribution is -2.10. The van der Waals surface area contributed by atoms with E-state index in [1.165, 1.54) is 38.2 Å². The Balaban J connectivity index is 1.61. The van der Waals surface area contributed by atoms with Gasteiger partial charge in [-0.25, -0.2) is 14.8 Å². The van der Waals surface area contributed by atoms with E-state index >= 15 is 0 Å². The lowest BCUT2D eigenvalue weighted by atomic mass is 10.1. The molecule has 0 aliphatic rings. The van der Waals surface area contributed by atoms with Crippen LogP contribution in [0.2, 0.25) is 0 Å². The molecule has 7 nitrogen and oxygen atoms in total. The fourth-order valence-corrected chi connectivity index (χ4v) is 4.18. The van der Waals surface area contributed by atoms with Gasteiger partial charge in [-0.15, -0.1) is 0 Å². The van der Waals surface area contributed by atoms with Crippen molar-refractivity contribution in [2.75, 3.05) is 6.61 Å². The molecule has 2 aromatic carbocycles. The molecular weight excluding hydrogens is 488 g/mol. The van der Waals surface area contributed by atoms with Crippen LogP contribution in [0.1, 0.15) is 98.7 Å². The van der Waals surface area contributed by atoms with E-state index in [-0.39, 0.29) is 16.9 Å². The van der Waals surface area contributed by atoms with Gasteiger partial charge >= 0.3 is 5.97 Å². The molecule has 0 bridgehead atoms. The molecule has 1 aromatic heterocycles. The van der Waals surface area contributed by atoms with Crippen LogP contribution in [0.3, 0.4) is 0 Å². The standard InChI is InChI=1S/C32H36N4O3/c1-3-5-7-8-9-10-12-24-22-35-31(36-23-24)25-13-15-26(16-14-25)32(37)39-30-18-17-29(38-19-11-6-4-2)27(20-33)28(30)21-34/h13-18,22-23H,3-12,19H2,1-2H3. The monoisotopic (exact) mass is 524 g/mol. The van der Waals surface area contributed by atoms with Crippen molar-refractivity contribution in [3.05, 3.63) is 71.0 Å². The molecule has 202 valence electrons. The van der Waals surface area contributed by atoms with E-state index in [2.05, 4.69) is 23.8 Å². The Hall–Kier alpha value is -4.23.